The Bertz CT molecular complexity index is 1580. The van der Waals surface area contributed by atoms with Crippen LogP contribution in [-0.2, 0) is 4.79 Å². The number of nitrogens with zero attached hydrogens (tertiary/aromatic N) is 2. The van der Waals surface area contributed by atoms with E-state index < -0.39 is 5.91 Å². The number of nitriles is 1. The molecule has 0 radical (unpaired) electrons. The number of para-hydroxylation sites is 2. The molecule has 0 unspecified atom stereocenters. The van der Waals surface area contributed by atoms with Gasteiger partial charge < -0.3 is 10.1 Å². The van der Waals surface area contributed by atoms with Gasteiger partial charge >= 0.3 is 0 Å². The molecule has 34 heavy (non-hydrogen) atoms. The number of hydrogen-bond acceptors (Lipinski definition) is 5. The van der Waals surface area contributed by atoms with Gasteiger partial charge in [0.1, 0.15) is 16.5 Å². The van der Waals surface area contributed by atoms with Gasteiger partial charge in [0, 0.05) is 16.3 Å². The second kappa shape index (κ2) is 10.2. The molecular formula is C26H18ClN3O3S. The van der Waals surface area contributed by atoms with Crippen molar-refractivity contribution < 1.29 is 9.53 Å². The summed E-state index contributed by atoms with van der Waals surface area (Å²) in [6.45, 7) is 0. The van der Waals surface area contributed by atoms with Crippen LogP contribution in [0.3, 0.4) is 0 Å². The summed E-state index contributed by atoms with van der Waals surface area (Å²) in [5, 5.41) is 13.0. The molecule has 0 aliphatic heterocycles. The highest BCUT2D eigenvalue weighted by Gasteiger charge is 2.17. The first-order valence-corrected chi connectivity index (χ1v) is 11.3. The van der Waals surface area contributed by atoms with Crippen LogP contribution in [0.2, 0.25) is 5.02 Å². The fourth-order valence-electron chi connectivity index (χ4n) is 3.34. The lowest BCUT2D eigenvalue weighted by Crippen LogP contribution is -2.32. The number of carbonyl (C=O) groups is 1. The highest BCUT2D eigenvalue weighted by atomic mass is 35.5. The van der Waals surface area contributed by atoms with E-state index in [0.29, 0.717) is 32.2 Å². The topological polar surface area (TPSA) is 84.1 Å². The van der Waals surface area contributed by atoms with Crippen molar-refractivity contribution in [2.45, 2.75) is 0 Å². The summed E-state index contributed by atoms with van der Waals surface area (Å²) in [4.78, 5) is 26.5. The largest absolute Gasteiger partial charge is 0.496 e. The summed E-state index contributed by atoms with van der Waals surface area (Å²) in [7, 11) is 1.55. The Kier molecular flexibility index (Phi) is 6.93. The van der Waals surface area contributed by atoms with Crippen LogP contribution in [0, 0.1) is 11.3 Å². The lowest BCUT2D eigenvalue weighted by atomic mass is 10.2. The monoisotopic (exact) mass is 487 g/mol. The number of benzene rings is 3. The van der Waals surface area contributed by atoms with Crippen LogP contribution in [0.4, 0.5) is 5.69 Å². The van der Waals surface area contributed by atoms with E-state index in [1.54, 1.807) is 67.8 Å². The predicted octanol–water partition coefficient (Wildman–Crippen LogP) is 3.70. The van der Waals surface area contributed by atoms with Gasteiger partial charge in [-0.3, -0.25) is 14.2 Å². The summed E-state index contributed by atoms with van der Waals surface area (Å²) in [5.74, 6) is -0.0363. The third-order valence-electron chi connectivity index (χ3n) is 4.90. The van der Waals surface area contributed by atoms with Crippen molar-refractivity contribution in [1.29, 1.82) is 5.26 Å². The second-order valence-electron chi connectivity index (χ2n) is 7.09. The summed E-state index contributed by atoms with van der Waals surface area (Å²) >= 11 is 7.07. The van der Waals surface area contributed by atoms with E-state index in [2.05, 4.69) is 5.32 Å². The third kappa shape index (κ3) is 4.79. The normalized spacial score (nSPS) is 12.1. The van der Waals surface area contributed by atoms with Gasteiger partial charge in [-0.15, -0.1) is 11.3 Å². The minimum atomic E-state index is -0.639. The minimum Gasteiger partial charge on any atom is -0.496 e. The SMILES string of the molecule is COc1ccccc1/C=c1\s/c(=C(/C#N)C(=O)Nc2cccc(Cl)c2)n(-c2ccccc2)c1=O. The van der Waals surface area contributed by atoms with Crippen LogP contribution >= 0.6 is 22.9 Å². The zero-order chi connectivity index (χ0) is 24.1. The number of nitrogens with one attached hydrogen (secondary N) is 1. The Labute approximate surface area is 204 Å². The average Bonchev–Trinajstić information content (AvgIpc) is 3.15. The van der Waals surface area contributed by atoms with Crippen LogP contribution in [-0.4, -0.2) is 17.6 Å². The Morgan fingerprint density at radius 3 is 2.53 bits per heavy atom. The molecule has 0 saturated heterocycles. The van der Waals surface area contributed by atoms with Crippen molar-refractivity contribution in [2.24, 2.45) is 0 Å². The highest BCUT2D eigenvalue weighted by Crippen LogP contribution is 2.18. The Morgan fingerprint density at radius 1 is 1.09 bits per heavy atom. The maximum absolute atomic E-state index is 13.5. The summed E-state index contributed by atoms with van der Waals surface area (Å²) < 4.78 is 7.35. The Morgan fingerprint density at radius 2 is 1.82 bits per heavy atom. The molecule has 0 spiro atoms. The molecule has 0 bridgehead atoms. The molecule has 4 rings (SSSR count). The zero-order valence-electron chi connectivity index (χ0n) is 18.0. The van der Waals surface area contributed by atoms with Crippen LogP contribution in [0.25, 0.3) is 17.3 Å². The molecule has 0 saturated carbocycles. The molecule has 1 amide bonds. The smallest absolute Gasteiger partial charge is 0.273 e. The summed E-state index contributed by atoms with van der Waals surface area (Å²) in [6.07, 6.45) is 1.69. The number of ether oxygens (including phenoxy) is 1. The van der Waals surface area contributed by atoms with E-state index in [4.69, 9.17) is 16.3 Å². The molecule has 1 N–H and O–H groups in total. The molecule has 0 fully saturated rings. The van der Waals surface area contributed by atoms with Gasteiger partial charge in [-0.05, 0) is 42.5 Å². The summed E-state index contributed by atoms with van der Waals surface area (Å²) in [6, 6.07) is 24.8. The number of rotatable bonds is 5. The number of methoxy groups -OCH3 is 1. The lowest BCUT2D eigenvalue weighted by molar-refractivity contribution is -0.111. The van der Waals surface area contributed by atoms with Gasteiger partial charge in [0.15, 0.2) is 5.57 Å². The van der Waals surface area contributed by atoms with Crippen molar-refractivity contribution in [3.63, 3.8) is 0 Å². The molecular weight excluding hydrogens is 470 g/mol. The van der Waals surface area contributed by atoms with E-state index in [0.717, 1.165) is 11.3 Å². The molecule has 1 heterocycles. The fraction of sp³-hybridized carbons (Fsp3) is 0.0385. The third-order valence-corrected chi connectivity index (χ3v) is 6.23. The number of aromatic nitrogens is 1. The molecule has 8 heteroatoms. The molecule has 168 valence electrons. The highest BCUT2D eigenvalue weighted by molar-refractivity contribution is 7.07. The number of carbonyl (C=O) groups excluding carboxylic acids is 1. The second-order valence-corrected chi connectivity index (χ2v) is 8.55. The first kappa shape index (κ1) is 23.1. The van der Waals surface area contributed by atoms with Crippen LogP contribution in [0.1, 0.15) is 5.56 Å². The van der Waals surface area contributed by atoms with Gasteiger partial charge in [-0.25, -0.2) is 0 Å². The number of amides is 1. The van der Waals surface area contributed by atoms with Gasteiger partial charge in [-0.1, -0.05) is 54.1 Å². The van der Waals surface area contributed by atoms with E-state index in [1.165, 1.54) is 4.57 Å². The fourth-order valence-corrected chi connectivity index (χ4v) is 4.63. The van der Waals surface area contributed by atoms with Crippen molar-refractivity contribution in [1.82, 2.24) is 4.57 Å². The Hall–Kier alpha value is -4.12. The lowest BCUT2D eigenvalue weighted by Gasteiger charge is -2.06. The predicted molar refractivity (Wildman–Crippen MR) is 135 cm³/mol. The van der Waals surface area contributed by atoms with E-state index >= 15 is 0 Å². The molecule has 0 atom stereocenters. The van der Waals surface area contributed by atoms with Gasteiger partial charge in [-0.2, -0.15) is 5.26 Å². The molecule has 3 aromatic carbocycles. The number of hydrogen-bond donors (Lipinski definition) is 1. The molecule has 0 aliphatic rings. The number of thiazole rings is 1. The quantitative estimate of drug-likeness (QED) is 0.465. The first-order chi connectivity index (χ1) is 16.5. The molecule has 1 aromatic heterocycles. The van der Waals surface area contributed by atoms with Gasteiger partial charge in [0.25, 0.3) is 11.5 Å². The van der Waals surface area contributed by atoms with E-state index in [9.17, 15) is 14.9 Å². The Balaban J connectivity index is 1.97. The first-order valence-electron chi connectivity index (χ1n) is 10.1. The van der Waals surface area contributed by atoms with Crippen molar-refractivity contribution in [3.8, 4) is 17.5 Å². The molecule has 0 aliphatic carbocycles. The molecule has 6 nitrogen and oxygen atoms in total. The van der Waals surface area contributed by atoms with Crippen molar-refractivity contribution in [3.05, 3.63) is 109 Å². The van der Waals surface area contributed by atoms with E-state index in [-0.39, 0.29) is 15.8 Å². The van der Waals surface area contributed by atoms with Crippen molar-refractivity contribution >= 4 is 46.2 Å². The number of anilines is 1. The van der Waals surface area contributed by atoms with Gasteiger partial charge in [0.2, 0.25) is 0 Å². The van der Waals surface area contributed by atoms with E-state index in [1.807, 2.05) is 30.3 Å². The van der Waals surface area contributed by atoms with Crippen LogP contribution in [0.5, 0.6) is 5.75 Å². The van der Waals surface area contributed by atoms with Crippen LogP contribution in [0.15, 0.2) is 83.7 Å². The average molecular weight is 488 g/mol. The minimum absolute atomic E-state index is 0.189. The maximum Gasteiger partial charge on any atom is 0.273 e. The standard InChI is InChI=1S/C26H18ClN3O3S/c1-33-22-13-6-5-8-17(22)14-23-25(32)30(20-11-3-2-4-12-20)26(34-23)21(16-28)24(31)29-19-10-7-9-18(27)15-19/h2-15H,1H3,(H,29,31)/b23-14-,26-21-. The maximum atomic E-state index is 13.5. The summed E-state index contributed by atoms with van der Waals surface area (Å²) in [5.41, 5.74) is 1.15. The zero-order valence-corrected chi connectivity index (χ0v) is 19.6. The molecule has 4 aromatic rings. The number of halogens is 1. The van der Waals surface area contributed by atoms with Gasteiger partial charge in [0.05, 0.1) is 17.3 Å². The van der Waals surface area contributed by atoms with Crippen LogP contribution < -0.4 is 24.8 Å². The van der Waals surface area contributed by atoms with Crippen molar-refractivity contribution in [2.75, 3.05) is 12.4 Å².